The Morgan fingerprint density at radius 2 is 2.10 bits per heavy atom. The normalized spacial score (nSPS) is 17.8. The van der Waals surface area contributed by atoms with Gasteiger partial charge in [0.1, 0.15) is 5.69 Å². The van der Waals surface area contributed by atoms with Crippen molar-refractivity contribution in [2.75, 3.05) is 47.6 Å². The summed E-state index contributed by atoms with van der Waals surface area (Å²) in [5.74, 6) is -0.442. The monoisotopic (exact) mass is 434 g/mol. The van der Waals surface area contributed by atoms with Crippen LogP contribution in [0.2, 0.25) is 0 Å². The van der Waals surface area contributed by atoms with E-state index < -0.39 is 5.91 Å². The highest BCUT2D eigenvalue weighted by Gasteiger charge is 2.25. The maximum Gasteiger partial charge on any atom is 0.319 e. The first-order valence-electron chi connectivity index (χ1n) is 9.78. The summed E-state index contributed by atoms with van der Waals surface area (Å²) in [5, 5.41) is 7.52. The Bertz CT molecular complexity index is 824. The lowest BCUT2D eigenvalue weighted by Crippen LogP contribution is -2.44. The van der Waals surface area contributed by atoms with Crippen LogP contribution in [0.15, 0.2) is 34.6 Å². The van der Waals surface area contributed by atoms with Crippen LogP contribution in [0.4, 0.5) is 4.79 Å². The third-order valence-electron chi connectivity index (χ3n) is 4.67. The lowest BCUT2D eigenvalue weighted by atomic mass is 10.0. The van der Waals surface area contributed by atoms with Gasteiger partial charge >= 0.3 is 6.03 Å². The van der Waals surface area contributed by atoms with E-state index >= 15 is 0 Å². The van der Waals surface area contributed by atoms with Crippen molar-refractivity contribution in [1.82, 2.24) is 26.2 Å². The van der Waals surface area contributed by atoms with Gasteiger partial charge in [0.15, 0.2) is 0 Å². The van der Waals surface area contributed by atoms with Crippen LogP contribution >= 0.6 is 0 Å². The summed E-state index contributed by atoms with van der Waals surface area (Å²) in [6.07, 6.45) is 1.55. The number of carbonyl (C=O) groups is 2. The van der Waals surface area contributed by atoms with E-state index in [1.165, 1.54) is 7.11 Å². The molecule has 1 fully saturated rings. The molecule has 1 aliphatic rings. The smallest absolute Gasteiger partial charge is 0.319 e. The van der Waals surface area contributed by atoms with Gasteiger partial charge in [0, 0.05) is 44.7 Å². The van der Waals surface area contributed by atoms with Crippen LogP contribution in [-0.4, -0.2) is 81.3 Å². The maximum atomic E-state index is 12.4. The molecule has 0 aliphatic carbocycles. The predicted octanol–water partition coefficient (Wildman–Crippen LogP) is 0.647. The fourth-order valence-electron chi connectivity index (χ4n) is 2.97. The number of aliphatic imine (C=N–C) groups is 1. The molecule has 1 saturated heterocycles. The molecule has 1 aromatic heterocycles. The minimum Gasteiger partial charge on any atom is -0.383 e. The Balaban J connectivity index is 1.98. The number of carbonyl (C=O) groups excluding carboxylic acids is 2. The van der Waals surface area contributed by atoms with E-state index in [2.05, 4.69) is 30.9 Å². The zero-order chi connectivity index (χ0) is 22.8. The third kappa shape index (κ3) is 7.10. The van der Waals surface area contributed by atoms with Gasteiger partial charge in [-0.2, -0.15) is 5.06 Å². The fraction of sp³-hybridized carbons (Fsp3) is 0.500. The first-order valence-corrected chi connectivity index (χ1v) is 9.78. The summed E-state index contributed by atoms with van der Waals surface area (Å²) in [5.41, 5.74) is 5.22. The van der Waals surface area contributed by atoms with Gasteiger partial charge < -0.3 is 15.4 Å². The first kappa shape index (κ1) is 24.4. The van der Waals surface area contributed by atoms with E-state index in [1.807, 2.05) is 6.92 Å². The first-order chi connectivity index (χ1) is 14.9. The lowest BCUT2D eigenvalue weighted by molar-refractivity contribution is -0.118. The number of nitrogens with one attached hydrogen (secondary N) is 3. The van der Waals surface area contributed by atoms with Crippen LogP contribution in [0.5, 0.6) is 0 Å². The molecule has 3 N–H and O–H groups in total. The van der Waals surface area contributed by atoms with Crippen molar-refractivity contribution < 1.29 is 24.0 Å². The van der Waals surface area contributed by atoms with Gasteiger partial charge in [-0.25, -0.2) is 10.3 Å². The molecule has 1 atom stereocenters. The van der Waals surface area contributed by atoms with Crippen molar-refractivity contribution >= 4 is 17.6 Å². The molecule has 0 bridgehead atoms. The van der Waals surface area contributed by atoms with Gasteiger partial charge in [-0.05, 0) is 31.6 Å². The molecule has 170 valence electrons. The lowest BCUT2D eigenvalue weighted by Gasteiger charge is -2.16. The van der Waals surface area contributed by atoms with Crippen molar-refractivity contribution in [1.29, 1.82) is 0 Å². The van der Waals surface area contributed by atoms with Crippen molar-refractivity contribution in [3.05, 3.63) is 40.9 Å². The number of hydroxylamine groups is 3. The van der Waals surface area contributed by atoms with Crippen LogP contribution in [0.25, 0.3) is 0 Å². The molecule has 0 unspecified atom stereocenters. The number of pyridine rings is 1. The Kier molecular flexibility index (Phi) is 9.53. The van der Waals surface area contributed by atoms with Crippen molar-refractivity contribution in [3.63, 3.8) is 0 Å². The standard InChI is InChI=1S/C20H30N6O5/c1-13(18(21-3)15-6-7-17(22-10-15)19(27)25-30-5)14(2)23-20(28)24-16-11-26(31-12-16)8-9-29-4/h6-7,10,16H,8-9,11-12H2,1-5H3,(H,25,27)(H2,23,24,28)/b14-13+,21-18?/t16-/m1/s1. The average molecular weight is 434 g/mol. The minimum absolute atomic E-state index is 0.112. The van der Waals surface area contributed by atoms with E-state index in [0.717, 1.165) is 5.57 Å². The van der Waals surface area contributed by atoms with E-state index in [1.54, 1.807) is 44.5 Å². The van der Waals surface area contributed by atoms with Crippen molar-refractivity contribution in [2.45, 2.75) is 19.9 Å². The van der Waals surface area contributed by atoms with E-state index in [-0.39, 0.29) is 17.8 Å². The SMILES string of the molecule is CN=C(/C(C)=C(\C)NC(=O)N[C@H]1CON(CCOC)C1)c1ccc(C(=O)NOC)nc1. The molecule has 2 heterocycles. The Labute approximate surface area is 181 Å². The quantitative estimate of drug-likeness (QED) is 0.385. The molecule has 3 amide bonds. The second-order valence-corrected chi connectivity index (χ2v) is 6.86. The highest BCUT2D eigenvalue weighted by molar-refractivity contribution is 6.12. The number of methoxy groups -OCH3 is 1. The van der Waals surface area contributed by atoms with Crippen LogP contribution in [0.1, 0.15) is 29.9 Å². The fourth-order valence-corrected chi connectivity index (χ4v) is 2.97. The van der Waals surface area contributed by atoms with Crippen molar-refractivity contribution in [2.24, 2.45) is 4.99 Å². The number of amides is 3. The molecule has 0 spiro atoms. The topological polar surface area (TPSA) is 126 Å². The number of nitrogens with zero attached hydrogens (tertiary/aromatic N) is 3. The molecule has 11 nitrogen and oxygen atoms in total. The number of rotatable bonds is 9. The second-order valence-electron chi connectivity index (χ2n) is 6.86. The van der Waals surface area contributed by atoms with Crippen LogP contribution in [-0.2, 0) is 14.4 Å². The van der Waals surface area contributed by atoms with Gasteiger partial charge in [0.25, 0.3) is 5.91 Å². The van der Waals surface area contributed by atoms with E-state index in [9.17, 15) is 9.59 Å². The van der Waals surface area contributed by atoms with Crippen LogP contribution in [0, 0.1) is 0 Å². The van der Waals surface area contributed by atoms with E-state index in [4.69, 9.17) is 9.57 Å². The highest BCUT2D eigenvalue weighted by Crippen LogP contribution is 2.13. The Morgan fingerprint density at radius 1 is 1.32 bits per heavy atom. The highest BCUT2D eigenvalue weighted by atomic mass is 16.7. The number of aromatic nitrogens is 1. The molecule has 0 radical (unpaired) electrons. The zero-order valence-electron chi connectivity index (χ0n) is 18.5. The largest absolute Gasteiger partial charge is 0.383 e. The number of urea groups is 1. The summed E-state index contributed by atoms with van der Waals surface area (Å²) >= 11 is 0. The molecule has 0 saturated carbocycles. The number of allylic oxidation sites excluding steroid dienone is 2. The summed E-state index contributed by atoms with van der Waals surface area (Å²) in [6.45, 7) is 5.86. The molecule has 11 heteroatoms. The Hall–Kier alpha value is -2.86. The van der Waals surface area contributed by atoms with Crippen molar-refractivity contribution in [3.8, 4) is 0 Å². The molecule has 1 aliphatic heterocycles. The van der Waals surface area contributed by atoms with Gasteiger partial charge in [0.05, 0.1) is 32.1 Å². The number of hydrogen-bond donors (Lipinski definition) is 3. The summed E-state index contributed by atoms with van der Waals surface area (Å²) in [6, 6.07) is 2.88. The molecule has 31 heavy (non-hydrogen) atoms. The maximum absolute atomic E-state index is 12.4. The van der Waals surface area contributed by atoms with Crippen LogP contribution in [0.3, 0.4) is 0 Å². The minimum atomic E-state index is -0.442. The van der Waals surface area contributed by atoms with Gasteiger partial charge in [-0.1, -0.05) is 0 Å². The summed E-state index contributed by atoms with van der Waals surface area (Å²) < 4.78 is 5.03. The van der Waals surface area contributed by atoms with Gasteiger partial charge in [0.2, 0.25) is 0 Å². The van der Waals surface area contributed by atoms with E-state index in [0.29, 0.717) is 43.3 Å². The number of ether oxygens (including phenoxy) is 1. The zero-order valence-corrected chi connectivity index (χ0v) is 18.5. The molecule has 2 rings (SSSR count). The van der Waals surface area contributed by atoms with Gasteiger partial charge in [-0.3, -0.25) is 24.4 Å². The molecular formula is C20H30N6O5. The summed E-state index contributed by atoms with van der Waals surface area (Å²) in [7, 11) is 4.64. The average Bonchev–Trinajstić information content (AvgIpc) is 3.20. The third-order valence-corrected chi connectivity index (χ3v) is 4.67. The van der Waals surface area contributed by atoms with Crippen LogP contribution < -0.4 is 16.1 Å². The van der Waals surface area contributed by atoms with Gasteiger partial charge in [-0.15, -0.1) is 0 Å². The molecular weight excluding hydrogens is 404 g/mol. The Morgan fingerprint density at radius 3 is 2.71 bits per heavy atom. The number of hydrogen-bond acceptors (Lipinski definition) is 8. The molecule has 0 aromatic carbocycles. The molecule has 1 aromatic rings. The summed E-state index contributed by atoms with van der Waals surface area (Å²) in [4.78, 5) is 42.7. The predicted molar refractivity (Wildman–Crippen MR) is 114 cm³/mol. The second kappa shape index (κ2) is 12.1.